The first-order chi connectivity index (χ1) is 18.2. The number of nitrogens with zero attached hydrogens (tertiary/aromatic N) is 3. The van der Waals surface area contributed by atoms with Crippen molar-refractivity contribution in [1.29, 1.82) is 0 Å². The molecule has 3 aliphatic rings. The second-order valence-corrected chi connectivity index (χ2v) is 10.8. The number of aromatic amines is 1. The average Bonchev–Trinajstić information content (AvgIpc) is 3.60. The predicted octanol–water partition coefficient (Wildman–Crippen LogP) is 2.50. The summed E-state index contributed by atoms with van der Waals surface area (Å²) >= 11 is 6.58. The van der Waals surface area contributed by atoms with Crippen molar-refractivity contribution in [1.82, 2.24) is 15.0 Å². The normalized spacial score (nSPS) is 27.6. The van der Waals surface area contributed by atoms with Crippen LogP contribution in [0.15, 0.2) is 30.3 Å². The van der Waals surface area contributed by atoms with E-state index in [9.17, 15) is 15.0 Å². The molecule has 11 nitrogen and oxygen atoms in total. The number of aromatic nitrogens is 3. The van der Waals surface area contributed by atoms with E-state index in [-0.39, 0.29) is 19.2 Å². The Morgan fingerprint density at radius 2 is 1.95 bits per heavy atom. The zero-order valence-electron chi connectivity index (χ0n) is 21.0. The third kappa shape index (κ3) is 4.09. The number of H-pyrrole nitrogens is 1. The van der Waals surface area contributed by atoms with Crippen molar-refractivity contribution in [3.8, 4) is 17.3 Å². The molecule has 12 heteroatoms. The Morgan fingerprint density at radius 1 is 1.21 bits per heavy atom. The highest BCUT2D eigenvalue weighted by atomic mass is 35.5. The summed E-state index contributed by atoms with van der Waals surface area (Å²) in [7, 11) is 0. The molecule has 3 aromatic rings. The van der Waals surface area contributed by atoms with Crippen LogP contribution in [0.4, 0.5) is 5.69 Å². The van der Waals surface area contributed by atoms with Crippen LogP contribution < -0.4 is 9.64 Å². The van der Waals surface area contributed by atoms with E-state index in [0.717, 1.165) is 37.6 Å². The lowest BCUT2D eigenvalue weighted by molar-refractivity contribution is -0.178. The summed E-state index contributed by atoms with van der Waals surface area (Å²) < 4.78 is 23.0. The number of benzene rings is 1. The summed E-state index contributed by atoms with van der Waals surface area (Å²) in [6.45, 7) is 6.01. The van der Waals surface area contributed by atoms with E-state index in [4.69, 9.17) is 30.5 Å². The molecule has 3 aliphatic heterocycles. The smallest absolute Gasteiger partial charge is 0.312 e. The van der Waals surface area contributed by atoms with Crippen molar-refractivity contribution < 1.29 is 34.0 Å². The van der Waals surface area contributed by atoms with Gasteiger partial charge >= 0.3 is 5.97 Å². The highest BCUT2D eigenvalue weighted by Crippen LogP contribution is 2.45. The molecule has 38 heavy (non-hydrogen) atoms. The number of hydrogen-bond donors (Lipinski definition) is 3. The van der Waals surface area contributed by atoms with Gasteiger partial charge in [0.2, 0.25) is 0 Å². The summed E-state index contributed by atoms with van der Waals surface area (Å²) in [4.78, 5) is 26.3. The number of hydrogen-bond acceptors (Lipinski definition) is 9. The second kappa shape index (κ2) is 9.35. The fraction of sp³-hybridized carbons (Fsp3) is 0.500. The number of carbonyl (C=O) groups is 1. The Bertz CT molecular complexity index is 1360. The van der Waals surface area contributed by atoms with Gasteiger partial charge in [0.25, 0.3) is 6.01 Å². The summed E-state index contributed by atoms with van der Waals surface area (Å²) in [6, 6.07) is 10.0. The Kier molecular flexibility index (Phi) is 6.23. The first-order valence-corrected chi connectivity index (χ1v) is 12.9. The van der Waals surface area contributed by atoms with Gasteiger partial charge in [-0.05, 0) is 32.0 Å². The number of halogens is 1. The van der Waals surface area contributed by atoms with Gasteiger partial charge in [-0.15, -0.1) is 0 Å². The van der Waals surface area contributed by atoms with Crippen LogP contribution in [0, 0.1) is 5.41 Å². The van der Waals surface area contributed by atoms with Crippen LogP contribution >= 0.6 is 11.6 Å². The van der Waals surface area contributed by atoms with Crippen LogP contribution in [0.5, 0.6) is 6.01 Å². The number of morpholine rings is 1. The highest BCUT2D eigenvalue weighted by molar-refractivity contribution is 6.33. The molecule has 3 N–H and O–H groups in total. The van der Waals surface area contributed by atoms with Gasteiger partial charge in [0.15, 0.2) is 11.8 Å². The quantitative estimate of drug-likeness (QED) is 0.424. The van der Waals surface area contributed by atoms with E-state index in [1.165, 1.54) is 13.8 Å². The Morgan fingerprint density at radius 3 is 2.66 bits per heavy atom. The largest absolute Gasteiger partial charge is 0.481 e. The first kappa shape index (κ1) is 25.3. The van der Waals surface area contributed by atoms with Crippen LogP contribution in [0.2, 0.25) is 5.02 Å². The van der Waals surface area contributed by atoms with Crippen molar-refractivity contribution in [3.05, 3.63) is 35.4 Å². The van der Waals surface area contributed by atoms with E-state index < -0.39 is 35.3 Å². The van der Waals surface area contributed by atoms with E-state index in [2.05, 4.69) is 19.9 Å². The molecule has 0 amide bonds. The molecule has 0 spiro atoms. The minimum absolute atomic E-state index is 0.110. The van der Waals surface area contributed by atoms with E-state index in [1.807, 2.05) is 24.3 Å². The molecule has 4 atom stereocenters. The molecule has 0 aliphatic carbocycles. The molecule has 0 bridgehead atoms. The number of carboxylic acids is 1. The molecule has 3 saturated heterocycles. The molecular weight excluding hydrogens is 516 g/mol. The molecule has 0 unspecified atom stereocenters. The van der Waals surface area contributed by atoms with Crippen LogP contribution in [0.1, 0.15) is 13.8 Å². The number of aliphatic carboxylic acids is 1. The van der Waals surface area contributed by atoms with Crippen molar-refractivity contribution in [2.24, 2.45) is 5.41 Å². The summed E-state index contributed by atoms with van der Waals surface area (Å²) in [5.74, 6) is -1.14. The number of pyridine rings is 1. The summed E-state index contributed by atoms with van der Waals surface area (Å²) in [6.07, 6.45) is -2.09. The maximum Gasteiger partial charge on any atom is 0.312 e. The molecule has 6 rings (SSSR count). The standard InChI is InChI=1S/C26H29ClN4O7/c1-25(2,23(32)33)26(34)13-37-20-18(12-36-21(20)26)38-24-28-17-11-16(27)19(29-22(17)30-24)14-3-5-15(6-4-14)31-7-9-35-10-8-31/h3-6,11,18,20-21,34H,7-10,12-13H2,1-2H3,(H,32,33)(H,28,29,30)/t18-,20-,21+,26-/m1/s1. The van der Waals surface area contributed by atoms with Crippen LogP contribution in [0.3, 0.4) is 0 Å². The maximum absolute atomic E-state index is 11.8. The van der Waals surface area contributed by atoms with E-state index in [1.54, 1.807) is 6.07 Å². The maximum atomic E-state index is 11.8. The lowest BCUT2D eigenvalue weighted by Gasteiger charge is -2.38. The Labute approximate surface area is 223 Å². The van der Waals surface area contributed by atoms with E-state index in [0.29, 0.717) is 21.9 Å². The molecule has 202 valence electrons. The van der Waals surface area contributed by atoms with Gasteiger partial charge in [-0.2, -0.15) is 4.98 Å². The van der Waals surface area contributed by atoms with Gasteiger partial charge in [0, 0.05) is 24.3 Å². The van der Waals surface area contributed by atoms with Crippen molar-refractivity contribution in [2.75, 3.05) is 44.4 Å². The molecule has 2 aromatic heterocycles. The zero-order valence-corrected chi connectivity index (χ0v) is 21.8. The fourth-order valence-corrected chi connectivity index (χ4v) is 5.52. The number of anilines is 1. The summed E-state index contributed by atoms with van der Waals surface area (Å²) in [5.41, 5.74) is 0.457. The first-order valence-electron chi connectivity index (χ1n) is 12.5. The number of rotatable bonds is 6. The number of ether oxygens (including phenoxy) is 4. The molecule has 3 fully saturated rings. The van der Waals surface area contributed by atoms with E-state index >= 15 is 0 Å². The van der Waals surface area contributed by atoms with Gasteiger partial charge in [-0.3, -0.25) is 4.79 Å². The van der Waals surface area contributed by atoms with Crippen LogP contribution in [-0.2, 0) is 19.0 Å². The molecule has 1 aromatic carbocycles. The van der Waals surface area contributed by atoms with Crippen molar-refractivity contribution in [3.63, 3.8) is 0 Å². The lowest BCUT2D eigenvalue weighted by Crippen LogP contribution is -2.58. The lowest BCUT2D eigenvalue weighted by atomic mass is 9.72. The number of nitrogens with one attached hydrogen (secondary N) is 1. The topological polar surface area (TPSA) is 139 Å². The van der Waals surface area contributed by atoms with Crippen molar-refractivity contribution >= 4 is 34.4 Å². The highest BCUT2D eigenvalue weighted by Gasteiger charge is 2.65. The zero-order chi connectivity index (χ0) is 26.7. The number of fused-ring (bicyclic) bond motifs is 2. The van der Waals surface area contributed by atoms with Gasteiger partial charge in [-0.1, -0.05) is 23.7 Å². The molecule has 5 heterocycles. The monoisotopic (exact) mass is 544 g/mol. The molecule has 0 radical (unpaired) electrons. The predicted molar refractivity (Wildman–Crippen MR) is 138 cm³/mol. The van der Waals surface area contributed by atoms with Gasteiger partial charge < -0.3 is 39.0 Å². The minimum atomic E-state index is -1.70. The number of carboxylic acid groups (broad SMARTS) is 1. The van der Waals surface area contributed by atoms with Crippen molar-refractivity contribution in [2.45, 2.75) is 37.8 Å². The number of aliphatic hydroxyl groups is 1. The molecule has 0 saturated carbocycles. The van der Waals surface area contributed by atoms with Gasteiger partial charge in [0.05, 0.1) is 48.1 Å². The Hall–Kier alpha value is -2.96. The van der Waals surface area contributed by atoms with Crippen LogP contribution in [0.25, 0.3) is 22.4 Å². The average molecular weight is 545 g/mol. The SMILES string of the molecule is CC(C)(C(=O)O)[C@@]1(O)CO[C@@H]2[C@H](Oc3nc4nc(-c5ccc(N6CCOCC6)cc5)c(Cl)cc4[nH]3)CO[C@@H]21. The Balaban J connectivity index is 1.20. The van der Waals surface area contributed by atoms with Crippen LogP contribution in [-0.4, -0.2) is 94.6 Å². The van der Waals surface area contributed by atoms with Gasteiger partial charge in [-0.25, -0.2) is 4.98 Å². The third-order valence-corrected chi connectivity index (χ3v) is 8.16. The third-order valence-electron chi connectivity index (χ3n) is 7.87. The minimum Gasteiger partial charge on any atom is -0.481 e. The number of imidazole rings is 1. The fourth-order valence-electron chi connectivity index (χ4n) is 5.26. The van der Waals surface area contributed by atoms with Gasteiger partial charge in [0.1, 0.15) is 17.8 Å². The second-order valence-electron chi connectivity index (χ2n) is 10.4. The summed E-state index contributed by atoms with van der Waals surface area (Å²) in [5, 5.41) is 21.3. The molecular formula is C26H29ClN4O7.